The Morgan fingerprint density at radius 1 is 0.371 bits per heavy atom. The lowest BCUT2D eigenvalue weighted by Crippen LogP contribution is -2.31. The zero-order valence-electron chi connectivity index (χ0n) is 40.0. The van der Waals surface area contributed by atoms with Crippen LogP contribution in [0.5, 0.6) is 0 Å². The van der Waals surface area contributed by atoms with Gasteiger partial charge in [0, 0.05) is 38.4 Å². The molecule has 3 heterocycles. The Morgan fingerprint density at radius 3 is 1.59 bits per heavy atom. The quantitative estimate of drug-likeness (QED) is 0.160. The maximum Gasteiger partial charge on any atom is 0.238 e. The molecule has 13 rings (SSSR count). The summed E-state index contributed by atoms with van der Waals surface area (Å²) >= 11 is 0. The summed E-state index contributed by atoms with van der Waals surface area (Å²) in [6.45, 7) is 12.1. The number of nitrogens with zero attached hydrogens (tertiary/aromatic N) is 5. The van der Waals surface area contributed by atoms with Gasteiger partial charge in [-0.25, -0.2) is 4.98 Å². The van der Waals surface area contributed by atoms with Crippen LogP contribution in [0.2, 0.25) is 0 Å². The third kappa shape index (κ3) is 6.34. The van der Waals surface area contributed by atoms with Crippen molar-refractivity contribution in [1.82, 2.24) is 24.1 Å². The van der Waals surface area contributed by atoms with E-state index in [1.54, 1.807) is 0 Å². The van der Waals surface area contributed by atoms with Crippen LogP contribution in [0, 0.1) is 5.92 Å². The molecule has 1 atom stereocenters. The Bertz CT molecular complexity index is 4010. The molecule has 12 aromatic rings. The van der Waals surface area contributed by atoms with Crippen LogP contribution in [0.1, 0.15) is 45.7 Å². The topological polar surface area (TPSA) is 48.5 Å². The maximum atomic E-state index is 5.53. The molecule has 3 aromatic heterocycles. The van der Waals surface area contributed by atoms with Gasteiger partial charge in [-0.15, -0.1) is 0 Å². The van der Waals surface area contributed by atoms with Gasteiger partial charge >= 0.3 is 0 Å². The van der Waals surface area contributed by atoms with Gasteiger partial charge in [0.15, 0.2) is 11.6 Å². The van der Waals surface area contributed by atoms with E-state index in [2.05, 4.69) is 256 Å². The summed E-state index contributed by atoms with van der Waals surface area (Å²) in [5.41, 5.74) is 17.2. The molecule has 0 fully saturated rings. The molecular formula is C65H51N5. The minimum Gasteiger partial charge on any atom is -0.307 e. The highest BCUT2D eigenvalue weighted by Crippen LogP contribution is 2.56. The van der Waals surface area contributed by atoms with Crippen LogP contribution >= 0.6 is 0 Å². The van der Waals surface area contributed by atoms with Crippen LogP contribution in [-0.4, -0.2) is 24.1 Å². The summed E-state index contributed by atoms with van der Waals surface area (Å²) in [7, 11) is 0. The molecule has 0 saturated carbocycles. The zero-order valence-corrected chi connectivity index (χ0v) is 40.0. The van der Waals surface area contributed by atoms with E-state index < -0.39 is 0 Å². The molecule has 0 amide bonds. The van der Waals surface area contributed by atoms with E-state index in [1.165, 1.54) is 27.6 Å². The standard InChI is InChI=1S/C65H51N5/c1-41-64(2,3)55-31-19-30-49(58(55)65(41,4)5)44-34-36-47(37-35-44)69-56-32-16-14-27-50(56)52-38-39-53-51-28-15-17-33-57(51)70(60(53)59(52)69)63-67-61(46-25-18-24-45(40-46)42-20-8-6-9-21-42)66-62(68-63)54-29-13-12-26-48(54)43-22-10-7-11-23-43/h6-41H,1-5H3. The van der Waals surface area contributed by atoms with Crippen LogP contribution in [0.3, 0.4) is 0 Å². The maximum absolute atomic E-state index is 5.53. The highest BCUT2D eigenvalue weighted by atomic mass is 15.2. The van der Waals surface area contributed by atoms with Crippen LogP contribution < -0.4 is 0 Å². The molecule has 5 nitrogen and oxygen atoms in total. The molecule has 70 heavy (non-hydrogen) atoms. The lowest BCUT2D eigenvalue weighted by atomic mass is 9.71. The van der Waals surface area contributed by atoms with Gasteiger partial charge in [-0.3, -0.25) is 4.57 Å². The van der Waals surface area contributed by atoms with Crippen molar-refractivity contribution in [1.29, 1.82) is 0 Å². The summed E-state index contributed by atoms with van der Waals surface area (Å²) in [5.74, 6) is 2.25. The third-order valence-corrected chi connectivity index (χ3v) is 15.8. The van der Waals surface area contributed by atoms with E-state index in [0.717, 1.165) is 77.3 Å². The zero-order chi connectivity index (χ0) is 47.3. The van der Waals surface area contributed by atoms with Gasteiger partial charge in [-0.05, 0) is 91.6 Å². The van der Waals surface area contributed by atoms with Crippen LogP contribution in [0.25, 0.3) is 111 Å². The Hall–Kier alpha value is -8.41. The molecule has 5 heteroatoms. The Balaban J connectivity index is 1.08. The molecule has 0 spiro atoms. The lowest BCUT2D eigenvalue weighted by Gasteiger charge is -2.33. The fraction of sp³-hybridized carbons (Fsp3) is 0.123. The summed E-state index contributed by atoms with van der Waals surface area (Å²) in [6, 6.07) is 76.2. The second-order valence-corrected chi connectivity index (χ2v) is 20.1. The number of benzene rings is 9. The van der Waals surface area contributed by atoms with Gasteiger partial charge in [-0.2, -0.15) is 9.97 Å². The summed E-state index contributed by atoms with van der Waals surface area (Å²) < 4.78 is 4.74. The van der Waals surface area contributed by atoms with E-state index in [4.69, 9.17) is 15.0 Å². The molecular weight excluding hydrogens is 851 g/mol. The average Bonchev–Trinajstić information content (AvgIpc) is 3.98. The average molecular weight is 902 g/mol. The van der Waals surface area contributed by atoms with Crippen molar-refractivity contribution in [2.75, 3.05) is 0 Å². The molecule has 0 saturated heterocycles. The number of rotatable bonds is 7. The predicted octanol–water partition coefficient (Wildman–Crippen LogP) is 16.6. The molecule has 0 aliphatic heterocycles. The Morgan fingerprint density at radius 2 is 0.886 bits per heavy atom. The summed E-state index contributed by atoms with van der Waals surface area (Å²) in [5, 5.41) is 4.60. The number of hydrogen-bond acceptors (Lipinski definition) is 3. The van der Waals surface area contributed by atoms with Gasteiger partial charge in [0.05, 0.1) is 22.1 Å². The van der Waals surface area contributed by atoms with Gasteiger partial charge < -0.3 is 4.57 Å². The van der Waals surface area contributed by atoms with Gasteiger partial charge in [-0.1, -0.05) is 217 Å². The monoisotopic (exact) mass is 901 g/mol. The predicted molar refractivity (Wildman–Crippen MR) is 291 cm³/mol. The first kappa shape index (κ1) is 41.8. The van der Waals surface area contributed by atoms with Crippen molar-refractivity contribution in [2.24, 2.45) is 5.92 Å². The van der Waals surface area contributed by atoms with E-state index in [9.17, 15) is 0 Å². The van der Waals surface area contributed by atoms with Crippen molar-refractivity contribution < 1.29 is 0 Å². The van der Waals surface area contributed by atoms with E-state index in [-0.39, 0.29) is 10.8 Å². The van der Waals surface area contributed by atoms with Gasteiger partial charge in [0.1, 0.15) is 0 Å². The smallest absolute Gasteiger partial charge is 0.238 e. The first-order valence-corrected chi connectivity index (χ1v) is 24.4. The van der Waals surface area contributed by atoms with Crippen molar-refractivity contribution in [3.63, 3.8) is 0 Å². The molecule has 9 aromatic carbocycles. The number of para-hydroxylation sites is 2. The summed E-state index contributed by atoms with van der Waals surface area (Å²) in [6.07, 6.45) is 0. The van der Waals surface area contributed by atoms with Crippen LogP contribution in [0.15, 0.2) is 212 Å². The van der Waals surface area contributed by atoms with Crippen molar-refractivity contribution in [3.05, 3.63) is 223 Å². The van der Waals surface area contributed by atoms with Gasteiger partial charge in [0.2, 0.25) is 5.95 Å². The van der Waals surface area contributed by atoms with E-state index >= 15 is 0 Å². The lowest BCUT2D eigenvalue weighted by molar-refractivity contribution is 0.264. The van der Waals surface area contributed by atoms with E-state index in [1.807, 2.05) is 0 Å². The second-order valence-electron chi connectivity index (χ2n) is 20.1. The molecule has 0 bridgehead atoms. The molecule has 336 valence electrons. The van der Waals surface area contributed by atoms with Crippen molar-refractivity contribution >= 4 is 43.6 Å². The SMILES string of the molecule is CC1C(C)(C)c2cccc(-c3ccc(-n4c5ccccc5c5ccc6c7ccccc7n(-c7nc(-c8cccc(-c9ccccc9)c8)nc(-c8ccccc8-c8ccccc8)n7)c6c54)cc3)c2C1(C)C. The number of aromatic nitrogens is 5. The highest BCUT2D eigenvalue weighted by Gasteiger charge is 2.49. The third-order valence-electron chi connectivity index (χ3n) is 15.8. The second kappa shape index (κ2) is 15.8. The minimum atomic E-state index is 0.0308. The molecule has 0 N–H and O–H groups in total. The molecule has 1 aliphatic carbocycles. The van der Waals surface area contributed by atoms with Gasteiger partial charge in [0.25, 0.3) is 0 Å². The van der Waals surface area contributed by atoms with Crippen molar-refractivity contribution in [3.8, 4) is 67.8 Å². The normalized spacial score (nSPS) is 15.0. The Kier molecular flexibility index (Phi) is 9.44. The number of fused-ring (bicyclic) bond motifs is 8. The largest absolute Gasteiger partial charge is 0.307 e. The van der Waals surface area contributed by atoms with E-state index in [0.29, 0.717) is 23.5 Å². The first-order valence-electron chi connectivity index (χ1n) is 24.4. The summed E-state index contributed by atoms with van der Waals surface area (Å²) in [4.78, 5) is 16.4. The van der Waals surface area contributed by atoms with Crippen LogP contribution in [0.4, 0.5) is 0 Å². The molecule has 0 radical (unpaired) electrons. The minimum absolute atomic E-state index is 0.0308. The van der Waals surface area contributed by atoms with Crippen LogP contribution in [-0.2, 0) is 10.8 Å². The molecule has 1 unspecified atom stereocenters. The fourth-order valence-corrected chi connectivity index (χ4v) is 11.9. The highest BCUT2D eigenvalue weighted by molar-refractivity contribution is 6.23. The van der Waals surface area contributed by atoms with Crippen molar-refractivity contribution in [2.45, 2.75) is 45.4 Å². The Labute approximate surface area is 408 Å². The fourth-order valence-electron chi connectivity index (χ4n) is 11.9. The molecule has 1 aliphatic rings. The number of hydrogen-bond donors (Lipinski definition) is 0. The first-order chi connectivity index (χ1) is 34.2.